The molecule has 6 nitrogen and oxygen atoms in total. The molecule has 0 fully saturated rings. The number of aliphatic hydroxyl groups is 3. The summed E-state index contributed by atoms with van der Waals surface area (Å²) >= 11 is 0. The van der Waals surface area contributed by atoms with Crippen molar-refractivity contribution in [1.29, 1.82) is 0 Å². The summed E-state index contributed by atoms with van der Waals surface area (Å²) in [5.41, 5.74) is 0. The summed E-state index contributed by atoms with van der Waals surface area (Å²) in [5.74, 6) is 0. The predicted octanol–water partition coefficient (Wildman–Crippen LogP) is -1.26. The van der Waals surface area contributed by atoms with Gasteiger partial charge in [0.25, 0.3) is 0 Å². The fourth-order valence-electron chi connectivity index (χ4n) is 0.235. The highest BCUT2D eigenvalue weighted by Crippen LogP contribution is 1.91. The van der Waals surface area contributed by atoms with Gasteiger partial charge in [-0.25, -0.2) is 0 Å². The van der Waals surface area contributed by atoms with E-state index in [1.807, 2.05) is 0 Å². The second-order valence-corrected chi connectivity index (χ2v) is 1.45. The van der Waals surface area contributed by atoms with Gasteiger partial charge in [0.1, 0.15) is 0 Å². The third-order valence-electron chi connectivity index (χ3n) is 0.747. The van der Waals surface area contributed by atoms with Crippen LogP contribution in [-0.2, 0) is 0 Å². The zero-order valence-electron chi connectivity index (χ0n) is 5.88. The van der Waals surface area contributed by atoms with Gasteiger partial charge in [0.05, 0.1) is 11.5 Å². The van der Waals surface area contributed by atoms with Gasteiger partial charge < -0.3 is 15.3 Å². The van der Waals surface area contributed by atoms with Gasteiger partial charge in [0.2, 0.25) is 0 Å². The van der Waals surface area contributed by atoms with E-state index in [0.29, 0.717) is 0 Å². The lowest BCUT2D eigenvalue weighted by Crippen LogP contribution is -2.35. The zero-order chi connectivity index (χ0) is 9.44. The van der Waals surface area contributed by atoms with Crippen LogP contribution in [0.1, 0.15) is 0 Å². The van der Waals surface area contributed by atoms with Gasteiger partial charge in [-0.15, -0.1) is 13.2 Å². The smallest absolute Gasteiger partial charge is 0.341 e. The Morgan fingerprint density at radius 3 is 1.91 bits per heavy atom. The molecule has 0 aliphatic heterocycles. The average molecular weight is 165 g/mol. The summed E-state index contributed by atoms with van der Waals surface area (Å²) in [6, 6.07) is 0. The summed E-state index contributed by atoms with van der Waals surface area (Å²) in [4.78, 5) is 8.50. The van der Waals surface area contributed by atoms with E-state index in [2.05, 4.69) is 13.2 Å². The van der Waals surface area contributed by atoms with E-state index in [4.69, 9.17) is 15.3 Å². The Labute approximate surface area is 63.6 Å². The molecule has 0 aromatic heterocycles. The van der Waals surface area contributed by atoms with Crippen LogP contribution in [0.15, 0.2) is 13.2 Å². The van der Waals surface area contributed by atoms with E-state index in [1.54, 1.807) is 0 Å². The van der Waals surface area contributed by atoms with Crippen LogP contribution < -0.4 is 0 Å². The van der Waals surface area contributed by atoms with E-state index in [9.17, 15) is 10.1 Å². The second kappa shape index (κ2) is 7.13. The third kappa shape index (κ3) is 5.46. The topological polar surface area (TPSA) is 104 Å². The van der Waals surface area contributed by atoms with Crippen LogP contribution in [0.2, 0.25) is 0 Å². The molecule has 0 saturated carbocycles. The maximum Gasteiger partial charge on any atom is 0.341 e. The van der Waals surface area contributed by atoms with Crippen molar-refractivity contribution in [2.45, 2.75) is 12.3 Å². The Morgan fingerprint density at radius 2 is 1.82 bits per heavy atom. The van der Waals surface area contributed by atoms with Crippen LogP contribution in [0.25, 0.3) is 0 Å². The largest absolute Gasteiger partial charge is 0.393 e. The monoisotopic (exact) mass is 165 g/mol. The molecule has 66 valence electrons. The molecule has 0 amide bonds. The number of aliphatic hydroxyl groups excluding tert-OH is 3. The predicted molar refractivity (Wildman–Crippen MR) is 37.3 cm³/mol. The van der Waals surface area contributed by atoms with Crippen LogP contribution in [-0.4, -0.2) is 39.2 Å². The first-order chi connectivity index (χ1) is 5.09. The summed E-state index contributed by atoms with van der Waals surface area (Å²) in [7, 11) is 0. The molecule has 0 saturated heterocycles. The highest BCUT2D eigenvalue weighted by atomic mass is 16.7. The van der Waals surface area contributed by atoms with Crippen molar-refractivity contribution in [2.24, 2.45) is 0 Å². The standard InChI is InChI=1S/C3H7NO5.C2H4/c5-1-2(6)3(7)4(8)9;1-2/h2-3,5-7H,1H2;1-2H2. The number of nitrogens with zero attached hydrogens (tertiary/aromatic N) is 1. The minimum absolute atomic E-state index is 0.817. The Morgan fingerprint density at radius 1 is 1.45 bits per heavy atom. The molecule has 0 aliphatic carbocycles. The summed E-state index contributed by atoms with van der Waals surface area (Å²) in [5, 5.41) is 34.3. The van der Waals surface area contributed by atoms with Gasteiger partial charge in [0.15, 0.2) is 6.10 Å². The quantitative estimate of drug-likeness (QED) is 0.209. The Balaban J connectivity index is 0. The lowest BCUT2D eigenvalue weighted by atomic mass is 10.3. The molecule has 0 radical (unpaired) electrons. The lowest BCUT2D eigenvalue weighted by molar-refractivity contribution is -0.583. The summed E-state index contributed by atoms with van der Waals surface area (Å²) < 4.78 is 0. The number of hydrogen-bond donors (Lipinski definition) is 3. The minimum Gasteiger partial charge on any atom is -0.393 e. The van der Waals surface area contributed by atoms with Crippen molar-refractivity contribution >= 4 is 0 Å². The molecule has 6 heteroatoms. The van der Waals surface area contributed by atoms with Gasteiger partial charge in [-0.1, -0.05) is 0 Å². The van der Waals surface area contributed by atoms with E-state index in [-0.39, 0.29) is 0 Å². The van der Waals surface area contributed by atoms with Crippen molar-refractivity contribution in [3.8, 4) is 0 Å². The first-order valence-electron chi connectivity index (χ1n) is 2.70. The molecule has 0 aromatic carbocycles. The van der Waals surface area contributed by atoms with Crippen LogP contribution in [0, 0.1) is 10.1 Å². The van der Waals surface area contributed by atoms with Crippen molar-refractivity contribution in [3.05, 3.63) is 23.3 Å². The van der Waals surface area contributed by atoms with Crippen molar-refractivity contribution in [1.82, 2.24) is 0 Å². The van der Waals surface area contributed by atoms with Crippen molar-refractivity contribution in [3.63, 3.8) is 0 Å². The lowest BCUT2D eigenvalue weighted by Gasteiger charge is -2.05. The van der Waals surface area contributed by atoms with E-state index in [1.165, 1.54) is 0 Å². The number of rotatable bonds is 3. The summed E-state index contributed by atoms with van der Waals surface area (Å²) in [6.45, 7) is 5.18. The molecule has 2 unspecified atom stereocenters. The molecule has 0 rings (SSSR count). The Bertz CT molecular complexity index is 117. The molecule has 0 spiro atoms. The van der Waals surface area contributed by atoms with Crippen LogP contribution in [0.3, 0.4) is 0 Å². The molecule has 0 aromatic rings. The van der Waals surface area contributed by atoms with E-state index in [0.717, 1.165) is 0 Å². The Kier molecular flexibility index (Phi) is 8.22. The number of hydrogen-bond acceptors (Lipinski definition) is 5. The minimum atomic E-state index is -2.09. The first-order valence-corrected chi connectivity index (χ1v) is 2.70. The molecule has 3 N–H and O–H groups in total. The van der Waals surface area contributed by atoms with Gasteiger partial charge >= 0.3 is 6.23 Å². The molecule has 0 aliphatic rings. The first kappa shape index (κ1) is 12.7. The fourth-order valence-corrected chi connectivity index (χ4v) is 0.235. The van der Waals surface area contributed by atoms with E-state index < -0.39 is 23.9 Å². The summed E-state index contributed by atoms with van der Waals surface area (Å²) in [6.07, 6.45) is -3.78. The highest BCUT2D eigenvalue weighted by molar-refractivity contribution is 4.52. The highest BCUT2D eigenvalue weighted by Gasteiger charge is 2.25. The van der Waals surface area contributed by atoms with Crippen LogP contribution in [0.4, 0.5) is 0 Å². The van der Waals surface area contributed by atoms with E-state index >= 15 is 0 Å². The molecule has 2 atom stereocenters. The van der Waals surface area contributed by atoms with Crippen LogP contribution >= 0.6 is 0 Å². The third-order valence-corrected chi connectivity index (χ3v) is 0.747. The maximum atomic E-state index is 9.58. The molecular weight excluding hydrogens is 154 g/mol. The maximum absolute atomic E-state index is 9.58. The van der Waals surface area contributed by atoms with Gasteiger partial charge in [-0.3, -0.25) is 10.1 Å². The fraction of sp³-hybridized carbons (Fsp3) is 0.600. The number of nitro groups is 1. The average Bonchev–Trinajstić information content (AvgIpc) is 2.05. The second-order valence-electron chi connectivity index (χ2n) is 1.45. The van der Waals surface area contributed by atoms with Crippen molar-refractivity contribution in [2.75, 3.05) is 6.61 Å². The Hall–Kier alpha value is -0.980. The van der Waals surface area contributed by atoms with Crippen molar-refractivity contribution < 1.29 is 20.2 Å². The van der Waals surface area contributed by atoms with Gasteiger partial charge in [0, 0.05) is 0 Å². The normalized spacial score (nSPS) is 14.1. The molecule has 0 heterocycles. The van der Waals surface area contributed by atoms with Gasteiger partial charge in [-0.2, -0.15) is 0 Å². The molecular formula is C5H11NO5. The molecule has 11 heavy (non-hydrogen) atoms. The van der Waals surface area contributed by atoms with Gasteiger partial charge in [-0.05, 0) is 0 Å². The SMILES string of the molecule is C=C.O=[N+]([O-])C(O)C(O)CO. The van der Waals surface area contributed by atoms with Crippen LogP contribution in [0.5, 0.6) is 0 Å². The zero-order valence-corrected chi connectivity index (χ0v) is 5.88. The molecule has 0 bridgehead atoms.